The first-order valence-electron chi connectivity index (χ1n) is 10.9. The van der Waals surface area contributed by atoms with Crippen LogP contribution < -0.4 is 14.2 Å². The van der Waals surface area contributed by atoms with E-state index in [1.165, 1.54) is 0 Å². The number of carbonyl (C=O) groups is 2. The van der Waals surface area contributed by atoms with Gasteiger partial charge < -0.3 is 19.3 Å². The Morgan fingerprint density at radius 3 is 2.50 bits per heavy atom. The normalized spacial score (nSPS) is 11.1. The molecule has 0 spiro atoms. The Kier molecular flexibility index (Phi) is 7.56. The molecule has 0 saturated carbocycles. The molecule has 178 valence electrons. The van der Waals surface area contributed by atoms with Gasteiger partial charge in [0.25, 0.3) is 6.47 Å². The van der Waals surface area contributed by atoms with E-state index >= 15 is 0 Å². The quantitative estimate of drug-likeness (QED) is 0.330. The number of aromatic nitrogens is 1. The predicted molar refractivity (Wildman–Crippen MR) is 128 cm³/mol. The lowest BCUT2D eigenvalue weighted by Crippen LogP contribution is -2.13. The molecule has 0 fully saturated rings. The summed E-state index contributed by atoms with van der Waals surface area (Å²) >= 11 is 0. The van der Waals surface area contributed by atoms with E-state index in [9.17, 15) is 14.7 Å². The van der Waals surface area contributed by atoms with Crippen molar-refractivity contribution in [2.45, 2.75) is 40.7 Å². The maximum absolute atomic E-state index is 12.6. The van der Waals surface area contributed by atoms with E-state index in [1.54, 1.807) is 44.4 Å². The van der Waals surface area contributed by atoms with Crippen LogP contribution in [0.4, 0.5) is 0 Å². The molecular weight excluding hydrogens is 434 g/mol. The lowest BCUT2D eigenvalue weighted by atomic mass is 9.87. The van der Waals surface area contributed by atoms with Crippen LogP contribution in [-0.2, 0) is 11.4 Å². The highest BCUT2D eigenvalue weighted by Gasteiger charge is 2.21. The maximum Gasteiger partial charge on any atom is 0.298 e. The molecular formula is C27H29NO6. The van der Waals surface area contributed by atoms with Gasteiger partial charge >= 0.3 is 0 Å². The summed E-state index contributed by atoms with van der Waals surface area (Å²) in [7, 11) is 1.55. The fourth-order valence-corrected chi connectivity index (χ4v) is 3.52. The molecule has 0 saturated heterocycles. The van der Waals surface area contributed by atoms with E-state index in [0.717, 1.165) is 0 Å². The van der Waals surface area contributed by atoms with Gasteiger partial charge in [-0.25, -0.2) is 4.98 Å². The molecule has 7 heteroatoms. The Balaban J connectivity index is 1.81. The summed E-state index contributed by atoms with van der Waals surface area (Å²) in [6, 6.07) is 13.8. The molecule has 0 aliphatic heterocycles. The van der Waals surface area contributed by atoms with Crippen LogP contribution in [0.25, 0.3) is 11.3 Å². The number of carbonyl (C=O) groups excluding carboxylic acids is 2. The molecule has 0 radical (unpaired) electrons. The second-order valence-electron chi connectivity index (χ2n) is 9.12. The number of methoxy groups -OCH3 is 1. The van der Waals surface area contributed by atoms with Gasteiger partial charge in [0.15, 0.2) is 5.78 Å². The highest BCUT2D eigenvalue weighted by Crippen LogP contribution is 2.34. The van der Waals surface area contributed by atoms with Crippen LogP contribution in [0.1, 0.15) is 48.8 Å². The Bertz CT molecular complexity index is 1200. The summed E-state index contributed by atoms with van der Waals surface area (Å²) in [4.78, 5) is 27.9. The molecule has 0 atom stereocenters. The standard InChI is InChI=1S/C27H29NO6/c1-17-24(12-10-20(26(17)31)23(30)14-27(2,3)4)33-15-18-7-6-8-22(28-18)21-13-19(34-16-29)9-11-25(21)32-5/h6-13,16,31H,14-15H2,1-5H3. The van der Waals surface area contributed by atoms with Gasteiger partial charge in [0.05, 0.1) is 24.1 Å². The zero-order valence-corrected chi connectivity index (χ0v) is 20.0. The van der Waals surface area contributed by atoms with Crippen LogP contribution in [0.3, 0.4) is 0 Å². The third-order valence-electron chi connectivity index (χ3n) is 5.19. The van der Waals surface area contributed by atoms with Gasteiger partial charge in [-0.3, -0.25) is 9.59 Å². The van der Waals surface area contributed by atoms with E-state index in [2.05, 4.69) is 4.98 Å². The molecule has 0 aliphatic rings. The third-order valence-corrected chi connectivity index (χ3v) is 5.19. The fourth-order valence-electron chi connectivity index (χ4n) is 3.52. The number of hydrogen-bond acceptors (Lipinski definition) is 7. The molecule has 1 heterocycles. The predicted octanol–water partition coefficient (Wildman–Crippen LogP) is 5.50. The molecule has 1 N–H and O–H groups in total. The lowest BCUT2D eigenvalue weighted by Gasteiger charge is -2.18. The van der Waals surface area contributed by atoms with Crippen LogP contribution in [0.15, 0.2) is 48.5 Å². The van der Waals surface area contributed by atoms with Crippen molar-refractivity contribution in [3.05, 3.63) is 65.4 Å². The van der Waals surface area contributed by atoms with Crippen molar-refractivity contribution in [3.63, 3.8) is 0 Å². The fraction of sp³-hybridized carbons (Fsp3) is 0.296. The number of ether oxygens (including phenoxy) is 3. The summed E-state index contributed by atoms with van der Waals surface area (Å²) in [6.07, 6.45) is 0.333. The maximum atomic E-state index is 12.6. The van der Waals surface area contributed by atoms with Crippen molar-refractivity contribution in [2.75, 3.05) is 7.11 Å². The lowest BCUT2D eigenvalue weighted by molar-refractivity contribution is -0.120. The summed E-state index contributed by atoms with van der Waals surface area (Å²) in [5.41, 5.74) is 2.55. The number of phenols is 1. The number of rotatable bonds is 9. The number of pyridine rings is 1. The number of benzene rings is 2. The highest BCUT2D eigenvalue weighted by molar-refractivity contribution is 5.99. The molecule has 34 heavy (non-hydrogen) atoms. The summed E-state index contributed by atoms with van der Waals surface area (Å²) in [5, 5.41) is 10.6. The first-order valence-corrected chi connectivity index (χ1v) is 10.9. The Morgan fingerprint density at radius 2 is 1.82 bits per heavy atom. The van der Waals surface area contributed by atoms with Crippen LogP contribution in [0, 0.1) is 12.3 Å². The average molecular weight is 464 g/mol. The topological polar surface area (TPSA) is 95.0 Å². The zero-order valence-electron chi connectivity index (χ0n) is 20.0. The largest absolute Gasteiger partial charge is 0.507 e. The smallest absolute Gasteiger partial charge is 0.298 e. The van der Waals surface area contributed by atoms with Crippen molar-refractivity contribution in [2.24, 2.45) is 5.41 Å². The van der Waals surface area contributed by atoms with E-state index in [1.807, 2.05) is 39.0 Å². The second kappa shape index (κ2) is 10.4. The summed E-state index contributed by atoms with van der Waals surface area (Å²) in [5.74, 6) is 1.26. The van der Waals surface area contributed by atoms with Crippen LogP contribution in [-0.4, -0.2) is 29.5 Å². The number of phenolic OH excluding ortho intramolecular Hbond substituents is 1. The minimum atomic E-state index is -0.176. The average Bonchev–Trinajstić information content (AvgIpc) is 2.79. The Morgan fingerprint density at radius 1 is 1.09 bits per heavy atom. The van der Waals surface area contributed by atoms with Crippen LogP contribution in [0.5, 0.6) is 23.0 Å². The van der Waals surface area contributed by atoms with E-state index in [4.69, 9.17) is 14.2 Å². The Hall–Kier alpha value is -3.87. The minimum Gasteiger partial charge on any atom is -0.507 e. The SMILES string of the molecule is COc1ccc(OC=O)cc1-c1cccc(COc2ccc(C(=O)CC(C)(C)C)c(O)c2C)n1. The number of ketones is 1. The molecule has 3 rings (SSSR count). The first-order chi connectivity index (χ1) is 16.1. The van der Waals surface area contributed by atoms with E-state index < -0.39 is 0 Å². The third kappa shape index (κ3) is 5.92. The summed E-state index contributed by atoms with van der Waals surface area (Å²) in [6.45, 7) is 8.17. The van der Waals surface area contributed by atoms with Gasteiger partial charge in [0.1, 0.15) is 29.6 Å². The van der Waals surface area contributed by atoms with Gasteiger partial charge in [0.2, 0.25) is 0 Å². The van der Waals surface area contributed by atoms with Crippen LogP contribution in [0.2, 0.25) is 0 Å². The molecule has 0 bridgehead atoms. The van der Waals surface area contributed by atoms with Crippen molar-refractivity contribution >= 4 is 12.3 Å². The molecule has 1 aromatic heterocycles. The molecule has 7 nitrogen and oxygen atoms in total. The van der Waals surface area contributed by atoms with Crippen molar-refractivity contribution in [3.8, 4) is 34.3 Å². The number of nitrogens with zero attached hydrogens (tertiary/aromatic N) is 1. The van der Waals surface area contributed by atoms with Crippen molar-refractivity contribution in [1.82, 2.24) is 4.98 Å². The molecule has 2 aromatic carbocycles. The van der Waals surface area contributed by atoms with Crippen molar-refractivity contribution < 1.29 is 28.9 Å². The molecule has 0 unspecified atom stereocenters. The van der Waals surface area contributed by atoms with Gasteiger partial charge in [-0.05, 0) is 54.8 Å². The van der Waals surface area contributed by atoms with Crippen molar-refractivity contribution in [1.29, 1.82) is 0 Å². The monoisotopic (exact) mass is 463 g/mol. The molecule has 0 amide bonds. The van der Waals surface area contributed by atoms with Gasteiger partial charge in [-0.15, -0.1) is 0 Å². The highest BCUT2D eigenvalue weighted by atomic mass is 16.5. The molecule has 0 aliphatic carbocycles. The number of aromatic hydroxyl groups is 1. The van der Waals surface area contributed by atoms with Gasteiger partial charge in [-0.2, -0.15) is 0 Å². The minimum absolute atomic E-state index is 0.0646. The summed E-state index contributed by atoms with van der Waals surface area (Å²) < 4.78 is 16.3. The molecule has 3 aromatic rings. The zero-order chi connectivity index (χ0) is 24.9. The van der Waals surface area contributed by atoms with Gasteiger partial charge in [0, 0.05) is 17.5 Å². The van der Waals surface area contributed by atoms with Crippen LogP contribution >= 0.6 is 0 Å². The van der Waals surface area contributed by atoms with E-state index in [0.29, 0.717) is 58.2 Å². The first kappa shape index (κ1) is 24.8. The van der Waals surface area contributed by atoms with E-state index in [-0.39, 0.29) is 23.6 Å². The second-order valence-corrected chi connectivity index (χ2v) is 9.12. The van der Waals surface area contributed by atoms with Gasteiger partial charge in [-0.1, -0.05) is 26.8 Å². The Labute approximate surface area is 199 Å². The number of hydrogen-bond donors (Lipinski definition) is 1. The number of Topliss-reactive ketones (excluding diaryl/α,β-unsaturated/α-hetero) is 1.